The molecule has 0 saturated carbocycles. The number of aryl methyl sites for hydroxylation is 2. The Bertz CT molecular complexity index is 1440. The van der Waals surface area contributed by atoms with Gasteiger partial charge in [0.15, 0.2) is 0 Å². The molecule has 7 heteroatoms. The largest absolute Gasteiger partial charge is 0.323 e. The van der Waals surface area contributed by atoms with Gasteiger partial charge in [-0.05, 0) is 68.0 Å². The number of halogens is 2. The maximum absolute atomic E-state index is 14.5. The van der Waals surface area contributed by atoms with Gasteiger partial charge in [-0.15, -0.1) is 11.3 Å². The first-order valence-electron chi connectivity index (χ1n) is 11.9. The molecule has 2 aromatic carbocycles. The summed E-state index contributed by atoms with van der Waals surface area (Å²) in [5.74, 6) is -1.47. The van der Waals surface area contributed by atoms with Gasteiger partial charge in [0.1, 0.15) is 16.6 Å². The van der Waals surface area contributed by atoms with E-state index in [1.54, 1.807) is 4.90 Å². The van der Waals surface area contributed by atoms with Crippen LogP contribution in [0.4, 0.5) is 19.3 Å². The molecule has 1 atom stereocenters. The number of urea groups is 1. The van der Waals surface area contributed by atoms with Gasteiger partial charge in [-0.1, -0.05) is 29.8 Å². The van der Waals surface area contributed by atoms with E-state index in [4.69, 9.17) is 0 Å². The second-order valence-electron chi connectivity index (χ2n) is 9.30. The van der Waals surface area contributed by atoms with Crippen molar-refractivity contribution in [1.29, 1.82) is 0 Å². The number of nitrogens with one attached hydrogen (secondary N) is 1. The van der Waals surface area contributed by atoms with E-state index in [0.717, 1.165) is 53.2 Å². The van der Waals surface area contributed by atoms with E-state index >= 15 is 0 Å². The third kappa shape index (κ3) is 3.84. The third-order valence-corrected chi connectivity index (χ3v) is 8.30. The molecule has 35 heavy (non-hydrogen) atoms. The van der Waals surface area contributed by atoms with Crippen LogP contribution in [0, 0.1) is 18.6 Å². The standard InChI is InChI=1S/C28H25F2N3OS/c1-17-6-4-7-18(14-17)26-24-9-5-13-32(24)27-21(20-8-2-3-10-25(20)35-27)16-33(26)28(34)31-23-12-11-19(29)15-22(23)30/h4-7,9,11-15,26H,2-3,8,10,16H2,1H3,(H,31,34)/t26-/m0/s1. The Morgan fingerprint density at radius 3 is 2.71 bits per heavy atom. The second-order valence-corrected chi connectivity index (χ2v) is 10.4. The highest BCUT2D eigenvalue weighted by Crippen LogP contribution is 2.44. The summed E-state index contributed by atoms with van der Waals surface area (Å²) >= 11 is 1.82. The highest BCUT2D eigenvalue weighted by Gasteiger charge is 2.36. The van der Waals surface area contributed by atoms with Gasteiger partial charge in [0.05, 0.1) is 24.0 Å². The van der Waals surface area contributed by atoms with Gasteiger partial charge < -0.3 is 14.8 Å². The lowest BCUT2D eigenvalue weighted by Crippen LogP contribution is -2.38. The predicted molar refractivity (Wildman–Crippen MR) is 134 cm³/mol. The molecule has 178 valence electrons. The molecule has 2 amide bonds. The number of nitrogens with zero attached hydrogens (tertiary/aromatic N) is 2. The molecule has 0 bridgehead atoms. The van der Waals surface area contributed by atoms with Crippen molar-refractivity contribution in [1.82, 2.24) is 9.47 Å². The zero-order chi connectivity index (χ0) is 24.1. The number of amides is 2. The van der Waals surface area contributed by atoms with E-state index in [1.165, 1.54) is 28.5 Å². The zero-order valence-corrected chi connectivity index (χ0v) is 20.2. The van der Waals surface area contributed by atoms with E-state index in [-0.39, 0.29) is 11.7 Å². The van der Waals surface area contributed by atoms with E-state index in [0.29, 0.717) is 6.54 Å². The van der Waals surface area contributed by atoms with Crippen LogP contribution in [0.25, 0.3) is 5.00 Å². The minimum Gasteiger partial charge on any atom is -0.310 e. The predicted octanol–water partition coefficient (Wildman–Crippen LogP) is 7.14. The van der Waals surface area contributed by atoms with Crippen molar-refractivity contribution in [3.63, 3.8) is 0 Å². The van der Waals surface area contributed by atoms with Crippen molar-refractivity contribution in [3.8, 4) is 5.00 Å². The minimum atomic E-state index is -0.794. The fraction of sp³-hybridized carbons (Fsp3) is 0.250. The van der Waals surface area contributed by atoms with Crippen molar-refractivity contribution < 1.29 is 13.6 Å². The molecule has 2 aromatic heterocycles. The number of anilines is 1. The summed E-state index contributed by atoms with van der Waals surface area (Å²) in [5.41, 5.74) is 5.57. The van der Waals surface area contributed by atoms with Crippen molar-refractivity contribution in [2.45, 2.75) is 45.2 Å². The maximum atomic E-state index is 14.5. The van der Waals surface area contributed by atoms with Gasteiger partial charge in [-0.3, -0.25) is 0 Å². The second kappa shape index (κ2) is 8.64. The van der Waals surface area contributed by atoms with Gasteiger partial charge in [0.25, 0.3) is 0 Å². The van der Waals surface area contributed by atoms with Crippen LogP contribution in [0.3, 0.4) is 0 Å². The molecule has 0 unspecified atom stereocenters. The summed E-state index contributed by atoms with van der Waals surface area (Å²) in [6.07, 6.45) is 6.47. The smallest absolute Gasteiger partial charge is 0.310 e. The van der Waals surface area contributed by atoms with Crippen LogP contribution in [-0.2, 0) is 19.4 Å². The number of carbonyl (C=O) groups excluding carboxylic acids is 1. The lowest BCUT2D eigenvalue weighted by atomic mass is 9.95. The Morgan fingerprint density at radius 2 is 1.89 bits per heavy atom. The Kier molecular flexibility index (Phi) is 5.44. The van der Waals surface area contributed by atoms with Crippen LogP contribution < -0.4 is 5.32 Å². The summed E-state index contributed by atoms with van der Waals surface area (Å²) in [4.78, 5) is 17.0. The van der Waals surface area contributed by atoms with Gasteiger partial charge in [-0.25, -0.2) is 13.6 Å². The van der Waals surface area contributed by atoms with Gasteiger partial charge >= 0.3 is 6.03 Å². The van der Waals surface area contributed by atoms with Crippen LogP contribution in [0.2, 0.25) is 0 Å². The number of fused-ring (bicyclic) bond motifs is 5. The number of carbonyl (C=O) groups is 1. The van der Waals surface area contributed by atoms with E-state index in [1.807, 2.05) is 42.5 Å². The number of hydrogen-bond donors (Lipinski definition) is 1. The van der Waals surface area contributed by atoms with Crippen molar-refractivity contribution in [3.05, 3.63) is 105 Å². The van der Waals surface area contributed by atoms with E-state index in [2.05, 4.69) is 28.2 Å². The molecule has 0 fully saturated rings. The number of hydrogen-bond acceptors (Lipinski definition) is 2. The first-order chi connectivity index (χ1) is 17.0. The normalized spacial score (nSPS) is 16.8. The molecule has 1 N–H and O–H groups in total. The molecule has 2 aliphatic rings. The monoisotopic (exact) mass is 489 g/mol. The topological polar surface area (TPSA) is 37.3 Å². The summed E-state index contributed by atoms with van der Waals surface area (Å²) in [7, 11) is 0. The highest BCUT2D eigenvalue weighted by molar-refractivity contribution is 7.15. The first kappa shape index (κ1) is 22.0. The Hall–Kier alpha value is -3.45. The quantitative estimate of drug-likeness (QED) is 0.319. The highest BCUT2D eigenvalue weighted by atomic mass is 32.1. The number of aromatic nitrogens is 1. The molecule has 0 spiro atoms. The zero-order valence-electron chi connectivity index (χ0n) is 19.4. The van der Waals surface area contributed by atoms with E-state index in [9.17, 15) is 13.6 Å². The molecule has 3 heterocycles. The third-order valence-electron chi connectivity index (χ3n) is 6.97. The molecular formula is C28H25F2N3OS. The van der Waals surface area contributed by atoms with Crippen molar-refractivity contribution in [2.24, 2.45) is 0 Å². The van der Waals surface area contributed by atoms with Crippen LogP contribution in [0.15, 0.2) is 60.8 Å². The summed E-state index contributed by atoms with van der Waals surface area (Å²) in [6.45, 7) is 2.45. The fourth-order valence-corrected chi connectivity index (χ4v) is 6.76. The summed E-state index contributed by atoms with van der Waals surface area (Å²) < 4.78 is 30.1. The Morgan fingerprint density at radius 1 is 1.03 bits per heavy atom. The molecule has 1 aliphatic heterocycles. The van der Waals surface area contributed by atoms with Crippen LogP contribution in [-0.4, -0.2) is 15.5 Å². The lowest BCUT2D eigenvalue weighted by Gasteiger charge is -2.31. The van der Waals surface area contributed by atoms with Crippen LogP contribution >= 0.6 is 11.3 Å². The number of thiophene rings is 1. The summed E-state index contributed by atoms with van der Waals surface area (Å²) in [5, 5.41) is 3.88. The number of rotatable bonds is 2. The molecule has 4 nitrogen and oxygen atoms in total. The van der Waals surface area contributed by atoms with E-state index < -0.39 is 17.7 Å². The maximum Gasteiger partial charge on any atom is 0.323 e. The van der Waals surface area contributed by atoms with Gasteiger partial charge in [0, 0.05) is 22.7 Å². The summed E-state index contributed by atoms with van der Waals surface area (Å²) in [6, 6.07) is 14.6. The average Bonchev–Trinajstić information content (AvgIpc) is 3.42. The molecule has 1 aliphatic carbocycles. The molecular weight excluding hydrogens is 464 g/mol. The van der Waals surface area contributed by atoms with Crippen LogP contribution in [0.5, 0.6) is 0 Å². The molecule has 4 aromatic rings. The Balaban J connectivity index is 1.50. The van der Waals surface area contributed by atoms with Gasteiger partial charge in [0.2, 0.25) is 0 Å². The van der Waals surface area contributed by atoms with Crippen LogP contribution in [0.1, 0.15) is 51.7 Å². The average molecular weight is 490 g/mol. The van der Waals surface area contributed by atoms with Crippen molar-refractivity contribution >= 4 is 23.1 Å². The number of benzene rings is 2. The molecule has 0 saturated heterocycles. The lowest BCUT2D eigenvalue weighted by molar-refractivity contribution is 0.194. The first-order valence-corrected chi connectivity index (χ1v) is 12.7. The van der Waals surface area contributed by atoms with Crippen molar-refractivity contribution in [2.75, 3.05) is 5.32 Å². The molecule has 6 rings (SSSR count). The Labute approximate surface area is 206 Å². The van der Waals surface area contributed by atoms with Gasteiger partial charge in [-0.2, -0.15) is 0 Å². The molecule has 0 radical (unpaired) electrons. The minimum absolute atomic E-state index is 0.0356. The fourth-order valence-electron chi connectivity index (χ4n) is 5.36. The SMILES string of the molecule is Cc1cccc([C@H]2c3cccn3-c3sc4c(c3CN2C(=O)Nc2ccc(F)cc2F)CCCC4)c1.